The topological polar surface area (TPSA) is 52.6 Å². The number of phenols is 1. The van der Waals surface area contributed by atoms with Gasteiger partial charge in [0.05, 0.1) is 5.56 Å². The molecule has 2 rings (SSSR count). The van der Waals surface area contributed by atoms with E-state index < -0.39 is 0 Å². The molecule has 4 nitrogen and oxygen atoms in total. The minimum atomic E-state index is -0.200. The molecule has 1 atom stereocenters. The number of nitrogens with zero attached hydrogens (tertiary/aromatic N) is 1. The number of carbonyl (C=O) groups excluding carboxylic acids is 1. The largest absolute Gasteiger partial charge is 0.507 e. The van der Waals surface area contributed by atoms with Crippen LogP contribution in [0.15, 0.2) is 24.3 Å². The molecule has 1 aromatic rings. The van der Waals surface area contributed by atoms with Crippen LogP contribution in [0.25, 0.3) is 0 Å². The standard InChI is InChI=1S/C18H28N2O2/c1-13(2)16(20-10-8-14(3)9-11-20)12-19-18(22)15-6-4-5-7-17(15)21/h4-7,13-14,16,21H,8-12H2,1-3H3,(H,19,22)/t16-/m1/s1. The van der Waals surface area contributed by atoms with Crippen LogP contribution in [0.1, 0.15) is 44.0 Å². The van der Waals surface area contributed by atoms with Crippen molar-refractivity contribution < 1.29 is 9.90 Å². The van der Waals surface area contributed by atoms with Gasteiger partial charge in [0.2, 0.25) is 0 Å². The lowest BCUT2D eigenvalue weighted by molar-refractivity contribution is 0.0861. The first-order chi connectivity index (χ1) is 10.5. The van der Waals surface area contributed by atoms with Crippen molar-refractivity contribution in [3.63, 3.8) is 0 Å². The number of benzene rings is 1. The Hall–Kier alpha value is -1.55. The molecule has 2 N–H and O–H groups in total. The summed E-state index contributed by atoms with van der Waals surface area (Å²) in [6.45, 7) is 9.55. The van der Waals surface area contributed by atoms with Crippen LogP contribution in [0.2, 0.25) is 0 Å². The number of nitrogens with one attached hydrogen (secondary N) is 1. The molecule has 1 aromatic carbocycles. The van der Waals surface area contributed by atoms with Crippen molar-refractivity contribution in [2.45, 2.75) is 39.7 Å². The first kappa shape index (κ1) is 16.8. The summed E-state index contributed by atoms with van der Waals surface area (Å²) in [5, 5.41) is 12.8. The second kappa shape index (κ2) is 7.63. The molecule has 0 unspecified atom stereocenters. The molecular formula is C18H28N2O2. The monoisotopic (exact) mass is 304 g/mol. The van der Waals surface area contributed by atoms with E-state index in [9.17, 15) is 9.90 Å². The number of para-hydroxylation sites is 1. The Balaban J connectivity index is 1.94. The quantitative estimate of drug-likeness (QED) is 0.879. The van der Waals surface area contributed by atoms with Crippen molar-refractivity contribution in [2.24, 2.45) is 11.8 Å². The molecule has 1 amide bonds. The van der Waals surface area contributed by atoms with E-state index >= 15 is 0 Å². The van der Waals surface area contributed by atoms with Crippen LogP contribution in [0.3, 0.4) is 0 Å². The average Bonchev–Trinajstić information content (AvgIpc) is 2.49. The summed E-state index contributed by atoms with van der Waals surface area (Å²) in [7, 11) is 0. The van der Waals surface area contributed by atoms with Gasteiger partial charge >= 0.3 is 0 Å². The molecule has 1 heterocycles. The lowest BCUT2D eigenvalue weighted by atomic mass is 9.94. The van der Waals surface area contributed by atoms with Crippen molar-refractivity contribution in [1.29, 1.82) is 0 Å². The molecule has 0 aromatic heterocycles. The first-order valence-electron chi connectivity index (χ1n) is 8.29. The van der Waals surface area contributed by atoms with Crippen molar-refractivity contribution in [2.75, 3.05) is 19.6 Å². The highest BCUT2D eigenvalue weighted by Crippen LogP contribution is 2.21. The Labute approximate surface area is 133 Å². The maximum absolute atomic E-state index is 12.2. The summed E-state index contributed by atoms with van der Waals surface area (Å²) in [6.07, 6.45) is 2.47. The van der Waals surface area contributed by atoms with E-state index in [2.05, 4.69) is 31.0 Å². The number of piperidine rings is 1. The van der Waals surface area contributed by atoms with E-state index in [1.807, 2.05) is 0 Å². The average molecular weight is 304 g/mol. The third-order valence-corrected chi connectivity index (χ3v) is 4.68. The van der Waals surface area contributed by atoms with Crippen LogP contribution < -0.4 is 5.32 Å². The van der Waals surface area contributed by atoms with Crippen LogP contribution in [0.5, 0.6) is 5.75 Å². The minimum Gasteiger partial charge on any atom is -0.507 e. The summed E-state index contributed by atoms with van der Waals surface area (Å²) < 4.78 is 0. The van der Waals surface area contributed by atoms with Gasteiger partial charge in [0.25, 0.3) is 5.91 Å². The molecule has 0 radical (unpaired) electrons. The second-order valence-corrected chi connectivity index (χ2v) is 6.76. The van der Waals surface area contributed by atoms with E-state index in [4.69, 9.17) is 0 Å². The maximum atomic E-state index is 12.2. The number of likely N-dealkylation sites (tertiary alicyclic amines) is 1. The smallest absolute Gasteiger partial charge is 0.255 e. The summed E-state index contributed by atoms with van der Waals surface area (Å²) in [4.78, 5) is 14.7. The second-order valence-electron chi connectivity index (χ2n) is 6.76. The molecule has 1 aliphatic heterocycles. The van der Waals surface area contributed by atoms with Gasteiger partial charge in [-0.2, -0.15) is 0 Å². The third-order valence-electron chi connectivity index (χ3n) is 4.68. The zero-order valence-corrected chi connectivity index (χ0v) is 13.9. The normalized spacial score (nSPS) is 18.4. The van der Waals surface area contributed by atoms with Gasteiger partial charge in [0.15, 0.2) is 0 Å². The number of hydrogen-bond donors (Lipinski definition) is 2. The molecule has 22 heavy (non-hydrogen) atoms. The molecule has 0 spiro atoms. The molecule has 1 fully saturated rings. The Morgan fingerprint density at radius 2 is 1.95 bits per heavy atom. The number of phenolic OH excluding ortho intramolecular Hbond substituents is 1. The van der Waals surface area contributed by atoms with Crippen LogP contribution in [-0.2, 0) is 0 Å². The van der Waals surface area contributed by atoms with Gasteiger partial charge in [-0.15, -0.1) is 0 Å². The fourth-order valence-electron chi connectivity index (χ4n) is 3.10. The Morgan fingerprint density at radius 3 is 2.55 bits per heavy atom. The summed E-state index contributed by atoms with van der Waals surface area (Å²) in [5.41, 5.74) is 0.345. The molecule has 1 aliphatic rings. The van der Waals surface area contributed by atoms with Gasteiger partial charge in [0, 0.05) is 12.6 Å². The van der Waals surface area contributed by atoms with E-state index in [0.717, 1.165) is 19.0 Å². The van der Waals surface area contributed by atoms with Gasteiger partial charge < -0.3 is 10.4 Å². The van der Waals surface area contributed by atoms with Gasteiger partial charge in [-0.3, -0.25) is 9.69 Å². The fourth-order valence-corrected chi connectivity index (χ4v) is 3.10. The Kier molecular flexibility index (Phi) is 5.83. The lowest BCUT2D eigenvalue weighted by Gasteiger charge is -2.38. The van der Waals surface area contributed by atoms with Gasteiger partial charge in [0.1, 0.15) is 5.75 Å². The van der Waals surface area contributed by atoms with Crippen molar-refractivity contribution in [3.05, 3.63) is 29.8 Å². The summed E-state index contributed by atoms with van der Waals surface area (Å²) in [5.74, 6) is 1.13. The first-order valence-corrected chi connectivity index (χ1v) is 8.29. The van der Waals surface area contributed by atoms with E-state index in [1.165, 1.54) is 12.8 Å². The Bertz CT molecular complexity index is 494. The molecule has 0 saturated carbocycles. The van der Waals surface area contributed by atoms with Crippen molar-refractivity contribution >= 4 is 5.91 Å². The molecule has 4 heteroatoms. The van der Waals surface area contributed by atoms with Crippen LogP contribution in [0, 0.1) is 11.8 Å². The van der Waals surface area contributed by atoms with Crippen molar-refractivity contribution in [3.8, 4) is 5.75 Å². The van der Waals surface area contributed by atoms with Crippen molar-refractivity contribution in [1.82, 2.24) is 10.2 Å². The highest BCUT2D eigenvalue weighted by molar-refractivity contribution is 5.96. The van der Waals surface area contributed by atoms with E-state index in [1.54, 1.807) is 24.3 Å². The van der Waals surface area contributed by atoms with Crippen LogP contribution in [0.4, 0.5) is 0 Å². The predicted octanol–water partition coefficient (Wildman–Crippen LogP) is 2.88. The van der Waals surface area contributed by atoms with Gasteiger partial charge in [-0.1, -0.05) is 32.9 Å². The molecule has 1 saturated heterocycles. The van der Waals surface area contributed by atoms with E-state index in [-0.39, 0.29) is 11.7 Å². The minimum absolute atomic E-state index is 0.0351. The molecule has 122 valence electrons. The van der Waals surface area contributed by atoms with Crippen LogP contribution >= 0.6 is 0 Å². The van der Waals surface area contributed by atoms with Gasteiger partial charge in [-0.05, 0) is 49.9 Å². The number of aromatic hydroxyl groups is 1. The van der Waals surface area contributed by atoms with Crippen LogP contribution in [-0.4, -0.2) is 41.6 Å². The highest BCUT2D eigenvalue weighted by Gasteiger charge is 2.26. The van der Waals surface area contributed by atoms with Gasteiger partial charge in [-0.25, -0.2) is 0 Å². The number of amides is 1. The Morgan fingerprint density at radius 1 is 1.32 bits per heavy atom. The SMILES string of the molecule is CC1CCN([C@H](CNC(=O)c2ccccc2O)C(C)C)CC1. The molecular weight excluding hydrogens is 276 g/mol. The van der Waals surface area contributed by atoms with E-state index in [0.29, 0.717) is 24.1 Å². The zero-order valence-electron chi connectivity index (χ0n) is 13.9. The zero-order chi connectivity index (χ0) is 16.1. The summed E-state index contributed by atoms with van der Waals surface area (Å²) >= 11 is 0. The number of rotatable bonds is 5. The summed E-state index contributed by atoms with van der Waals surface area (Å²) in [6, 6.07) is 7.03. The number of hydrogen-bond acceptors (Lipinski definition) is 3. The predicted molar refractivity (Wildman–Crippen MR) is 89.0 cm³/mol. The molecule has 0 bridgehead atoms. The third kappa shape index (κ3) is 4.23. The molecule has 0 aliphatic carbocycles. The number of carbonyl (C=O) groups is 1. The maximum Gasteiger partial charge on any atom is 0.255 e. The lowest BCUT2D eigenvalue weighted by Crippen LogP contribution is -2.49. The fraction of sp³-hybridized carbons (Fsp3) is 0.611. The highest BCUT2D eigenvalue weighted by atomic mass is 16.3.